The normalized spacial score (nSPS) is 15.0. The first-order valence-electron chi connectivity index (χ1n) is 3.02. The van der Waals surface area contributed by atoms with Crippen molar-refractivity contribution >= 4 is 40.7 Å². The summed E-state index contributed by atoms with van der Waals surface area (Å²) in [5.74, 6) is 0. The molecule has 0 aliphatic heterocycles. The fraction of sp³-hybridized carbons (Fsp3) is 1.00. The van der Waals surface area contributed by atoms with Gasteiger partial charge in [-0.15, -0.1) is 0 Å². The van der Waals surface area contributed by atoms with E-state index in [0.717, 1.165) is 5.33 Å². The van der Waals surface area contributed by atoms with Gasteiger partial charge in [-0.1, -0.05) is 31.9 Å². The van der Waals surface area contributed by atoms with E-state index in [2.05, 4.69) is 31.9 Å². The second kappa shape index (κ2) is 5.66. The Balaban J connectivity index is 4.26. The van der Waals surface area contributed by atoms with Gasteiger partial charge in [0.25, 0.3) is 0 Å². The van der Waals surface area contributed by atoms with Gasteiger partial charge in [0.2, 0.25) is 0 Å². The molecule has 0 fully saturated rings. The van der Waals surface area contributed by atoms with Crippen LogP contribution in [0.4, 0.5) is 0 Å². The Bertz CT molecular complexity index is 102. The molecule has 0 aromatic heterocycles. The molecule has 11 heavy (non-hydrogen) atoms. The lowest BCUT2D eigenvalue weighted by Gasteiger charge is -2.27. The number of rotatable bonds is 5. The van der Waals surface area contributed by atoms with Crippen molar-refractivity contribution in [1.82, 2.24) is 0 Å². The Labute approximate surface area is 85.0 Å². The van der Waals surface area contributed by atoms with E-state index in [-0.39, 0.29) is 4.45 Å². The molecule has 68 valence electrons. The standard InChI is InChI=1S/C5H12Br2O3Si/c1-8-11(9-2,10-3)5(7)4-6/h5H,4H2,1-3H3. The van der Waals surface area contributed by atoms with E-state index in [0.29, 0.717) is 0 Å². The lowest BCUT2D eigenvalue weighted by Crippen LogP contribution is -2.52. The molecule has 1 atom stereocenters. The third-order valence-electron chi connectivity index (χ3n) is 1.37. The maximum Gasteiger partial charge on any atom is 0.515 e. The minimum absolute atomic E-state index is 0.0926. The molecule has 0 saturated heterocycles. The van der Waals surface area contributed by atoms with E-state index in [9.17, 15) is 0 Å². The van der Waals surface area contributed by atoms with Crippen LogP contribution in [0.2, 0.25) is 0 Å². The number of hydrogen-bond acceptors (Lipinski definition) is 3. The highest BCUT2D eigenvalue weighted by Crippen LogP contribution is 2.20. The van der Waals surface area contributed by atoms with Gasteiger partial charge in [-0.05, 0) is 0 Å². The molecule has 1 unspecified atom stereocenters. The second-order valence-electron chi connectivity index (χ2n) is 1.84. The molecule has 3 nitrogen and oxygen atoms in total. The van der Waals surface area contributed by atoms with Gasteiger partial charge in [0.05, 0.1) is 4.45 Å². The Kier molecular flexibility index (Phi) is 6.20. The van der Waals surface area contributed by atoms with Crippen LogP contribution in [0.3, 0.4) is 0 Å². The van der Waals surface area contributed by atoms with Crippen molar-refractivity contribution in [3.8, 4) is 0 Å². The third-order valence-corrected chi connectivity index (χ3v) is 8.17. The number of halogens is 2. The van der Waals surface area contributed by atoms with Gasteiger partial charge in [0.1, 0.15) is 0 Å². The van der Waals surface area contributed by atoms with Gasteiger partial charge >= 0.3 is 8.80 Å². The smallest absolute Gasteiger partial charge is 0.376 e. The topological polar surface area (TPSA) is 27.7 Å². The third kappa shape index (κ3) is 2.78. The van der Waals surface area contributed by atoms with Crippen LogP contribution in [0.15, 0.2) is 0 Å². The largest absolute Gasteiger partial charge is 0.515 e. The van der Waals surface area contributed by atoms with Crippen molar-refractivity contribution < 1.29 is 13.3 Å². The molecule has 0 radical (unpaired) electrons. The molecule has 0 aromatic carbocycles. The van der Waals surface area contributed by atoms with Crippen molar-refractivity contribution in [2.45, 2.75) is 4.45 Å². The fourth-order valence-electron chi connectivity index (χ4n) is 0.728. The van der Waals surface area contributed by atoms with Crippen LogP contribution in [0.1, 0.15) is 0 Å². The van der Waals surface area contributed by atoms with Crippen molar-refractivity contribution in [2.75, 3.05) is 26.7 Å². The predicted molar refractivity (Wildman–Crippen MR) is 53.3 cm³/mol. The summed E-state index contributed by atoms with van der Waals surface area (Å²) in [7, 11) is 2.33. The van der Waals surface area contributed by atoms with E-state index in [4.69, 9.17) is 13.3 Å². The lowest BCUT2D eigenvalue weighted by molar-refractivity contribution is 0.124. The number of alkyl halides is 2. The first-order valence-corrected chi connectivity index (χ1v) is 6.86. The lowest BCUT2D eigenvalue weighted by atomic mass is 11.0. The Morgan fingerprint density at radius 2 is 1.55 bits per heavy atom. The fourth-order valence-corrected chi connectivity index (χ4v) is 5.06. The average Bonchev–Trinajstić information content (AvgIpc) is 2.08. The zero-order valence-electron chi connectivity index (χ0n) is 6.77. The maximum absolute atomic E-state index is 5.21. The zero-order chi connectivity index (χ0) is 8.91. The molecular weight excluding hydrogens is 296 g/mol. The van der Waals surface area contributed by atoms with Gasteiger partial charge in [0.15, 0.2) is 0 Å². The summed E-state index contributed by atoms with van der Waals surface area (Å²) in [6.07, 6.45) is 0. The molecule has 0 saturated carbocycles. The van der Waals surface area contributed by atoms with Crippen LogP contribution >= 0.6 is 31.9 Å². The van der Waals surface area contributed by atoms with Crippen LogP contribution in [-0.4, -0.2) is 39.9 Å². The van der Waals surface area contributed by atoms with Crippen molar-refractivity contribution in [3.63, 3.8) is 0 Å². The number of hydrogen-bond donors (Lipinski definition) is 0. The first-order chi connectivity index (χ1) is 5.16. The Morgan fingerprint density at radius 1 is 1.18 bits per heavy atom. The SMILES string of the molecule is CO[Si](OC)(OC)C(Br)CBr. The summed E-state index contributed by atoms with van der Waals surface area (Å²) in [5, 5.41) is 0.745. The summed E-state index contributed by atoms with van der Waals surface area (Å²) in [6.45, 7) is 0. The quantitative estimate of drug-likeness (QED) is 0.570. The zero-order valence-corrected chi connectivity index (χ0v) is 10.9. The Hall–Kier alpha value is 1.06. The molecule has 0 N–H and O–H groups in total. The Morgan fingerprint density at radius 3 is 1.64 bits per heavy atom. The van der Waals surface area contributed by atoms with Crippen LogP contribution in [0.5, 0.6) is 0 Å². The molecule has 0 aliphatic rings. The molecule has 6 heteroatoms. The van der Waals surface area contributed by atoms with Gasteiger partial charge in [-0.2, -0.15) is 0 Å². The van der Waals surface area contributed by atoms with Gasteiger partial charge in [-0.3, -0.25) is 0 Å². The van der Waals surface area contributed by atoms with E-state index in [1.54, 1.807) is 21.3 Å². The molecule has 0 spiro atoms. The van der Waals surface area contributed by atoms with Crippen LogP contribution in [-0.2, 0) is 13.3 Å². The maximum atomic E-state index is 5.21. The van der Waals surface area contributed by atoms with Crippen LogP contribution < -0.4 is 0 Å². The van der Waals surface area contributed by atoms with Crippen molar-refractivity contribution in [3.05, 3.63) is 0 Å². The monoisotopic (exact) mass is 306 g/mol. The molecule has 0 rings (SSSR count). The van der Waals surface area contributed by atoms with E-state index in [1.807, 2.05) is 0 Å². The minimum atomic E-state index is -2.45. The summed E-state index contributed by atoms with van der Waals surface area (Å²) in [4.78, 5) is 0. The van der Waals surface area contributed by atoms with E-state index >= 15 is 0 Å². The summed E-state index contributed by atoms with van der Waals surface area (Å²) >= 11 is 6.74. The average molecular weight is 308 g/mol. The van der Waals surface area contributed by atoms with Crippen molar-refractivity contribution in [2.24, 2.45) is 0 Å². The van der Waals surface area contributed by atoms with Crippen molar-refractivity contribution in [1.29, 1.82) is 0 Å². The van der Waals surface area contributed by atoms with Gasteiger partial charge in [-0.25, -0.2) is 0 Å². The van der Waals surface area contributed by atoms with Gasteiger partial charge in [0, 0.05) is 26.7 Å². The highest BCUT2D eigenvalue weighted by molar-refractivity contribution is 9.12. The van der Waals surface area contributed by atoms with Crippen LogP contribution in [0, 0.1) is 0 Å². The highest BCUT2D eigenvalue weighted by Gasteiger charge is 2.45. The summed E-state index contributed by atoms with van der Waals surface area (Å²) in [6, 6.07) is 0. The molecular formula is C5H12Br2O3Si. The first kappa shape index (κ1) is 12.1. The molecule has 0 heterocycles. The highest BCUT2D eigenvalue weighted by atomic mass is 79.9. The second-order valence-corrected chi connectivity index (χ2v) is 7.56. The summed E-state index contributed by atoms with van der Waals surface area (Å²) < 4.78 is 15.7. The van der Waals surface area contributed by atoms with E-state index in [1.165, 1.54) is 0 Å². The predicted octanol–water partition coefficient (Wildman–Crippen LogP) is 1.56. The van der Waals surface area contributed by atoms with Crippen LogP contribution in [0.25, 0.3) is 0 Å². The molecule has 0 amide bonds. The molecule has 0 aliphatic carbocycles. The minimum Gasteiger partial charge on any atom is -0.376 e. The summed E-state index contributed by atoms with van der Waals surface area (Å²) in [5.41, 5.74) is 0. The van der Waals surface area contributed by atoms with E-state index < -0.39 is 8.80 Å². The molecule has 0 aromatic rings. The molecule has 0 bridgehead atoms. The van der Waals surface area contributed by atoms with Gasteiger partial charge < -0.3 is 13.3 Å².